The first kappa shape index (κ1) is 19.9. The van der Waals surface area contributed by atoms with Crippen molar-refractivity contribution in [3.05, 3.63) is 84.2 Å². The molecule has 3 aromatic rings. The van der Waals surface area contributed by atoms with Gasteiger partial charge in [0.15, 0.2) is 0 Å². The van der Waals surface area contributed by atoms with E-state index >= 15 is 0 Å². The van der Waals surface area contributed by atoms with Crippen molar-refractivity contribution in [2.45, 2.75) is 18.2 Å². The Morgan fingerprint density at radius 1 is 1.00 bits per heavy atom. The largest absolute Gasteiger partial charge is 0.352 e. The molecule has 1 heterocycles. The van der Waals surface area contributed by atoms with Crippen molar-refractivity contribution >= 4 is 15.9 Å². The van der Waals surface area contributed by atoms with Crippen LogP contribution in [0.4, 0.5) is 0 Å². The van der Waals surface area contributed by atoms with Gasteiger partial charge in [0.2, 0.25) is 10.0 Å². The molecular formula is C21H23N3O3S. The third-order valence-corrected chi connectivity index (χ3v) is 5.84. The Bertz CT molecular complexity index is 1030. The van der Waals surface area contributed by atoms with Gasteiger partial charge in [0.25, 0.3) is 5.91 Å². The first-order chi connectivity index (χ1) is 13.5. The Balaban J connectivity index is 1.57. The van der Waals surface area contributed by atoms with Gasteiger partial charge in [-0.2, -0.15) is 0 Å². The van der Waals surface area contributed by atoms with Crippen LogP contribution in [0.5, 0.6) is 0 Å². The minimum Gasteiger partial charge on any atom is -0.352 e. The van der Waals surface area contributed by atoms with Gasteiger partial charge in [0, 0.05) is 36.7 Å². The van der Waals surface area contributed by atoms with E-state index in [4.69, 9.17) is 0 Å². The van der Waals surface area contributed by atoms with Gasteiger partial charge >= 0.3 is 0 Å². The highest BCUT2D eigenvalue weighted by molar-refractivity contribution is 7.89. The third kappa shape index (κ3) is 4.88. The lowest BCUT2D eigenvalue weighted by molar-refractivity contribution is 0.0954. The molecule has 1 aromatic heterocycles. The minimum absolute atomic E-state index is 0.139. The van der Waals surface area contributed by atoms with Crippen molar-refractivity contribution < 1.29 is 13.2 Å². The SMILES string of the molecule is CCNS(=O)(=O)c1ccc(CCNC(=O)c2cccc(-n3cccc3)c2)cc1. The van der Waals surface area contributed by atoms with Crippen molar-refractivity contribution in [2.75, 3.05) is 13.1 Å². The van der Waals surface area contributed by atoms with E-state index in [1.807, 2.05) is 47.3 Å². The first-order valence-corrected chi connectivity index (χ1v) is 10.6. The second-order valence-electron chi connectivity index (χ2n) is 6.29. The molecule has 0 spiro atoms. The number of benzene rings is 2. The van der Waals surface area contributed by atoms with Crippen LogP contribution in [0.3, 0.4) is 0 Å². The molecule has 1 amide bonds. The molecule has 0 aliphatic heterocycles. The zero-order chi connectivity index (χ0) is 20.0. The highest BCUT2D eigenvalue weighted by Crippen LogP contribution is 2.12. The second-order valence-corrected chi connectivity index (χ2v) is 8.06. The summed E-state index contributed by atoms with van der Waals surface area (Å²) in [6.07, 6.45) is 4.47. The normalized spacial score (nSPS) is 11.3. The number of sulfonamides is 1. The molecule has 0 fully saturated rings. The van der Waals surface area contributed by atoms with Gasteiger partial charge < -0.3 is 9.88 Å². The van der Waals surface area contributed by atoms with Crippen molar-refractivity contribution in [3.63, 3.8) is 0 Å². The smallest absolute Gasteiger partial charge is 0.251 e. The first-order valence-electron chi connectivity index (χ1n) is 9.10. The van der Waals surface area contributed by atoms with E-state index < -0.39 is 10.0 Å². The van der Waals surface area contributed by atoms with Crippen LogP contribution in [0.2, 0.25) is 0 Å². The molecule has 0 aliphatic rings. The van der Waals surface area contributed by atoms with E-state index in [-0.39, 0.29) is 10.8 Å². The number of nitrogens with one attached hydrogen (secondary N) is 2. The molecule has 0 saturated heterocycles. The number of nitrogens with zero attached hydrogens (tertiary/aromatic N) is 1. The molecule has 0 radical (unpaired) electrons. The summed E-state index contributed by atoms with van der Waals surface area (Å²) in [5.74, 6) is -0.139. The van der Waals surface area contributed by atoms with Crippen molar-refractivity contribution in [2.24, 2.45) is 0 Å². The standard InChI is InChI=1S/C21H23N3O3S/c1-2-23-28(26,27)20-10-8-17(9-11-20)12-13-22-21(25)18-6-5-7-19(16-18)24-14-3-4-15-24/h3-11,14-16,23H,2,12-13H2,1H3,(H,22,25). The van der Waals surface area contributed by atoms with E-state index in [2.05, 4.69) is 10.0 Å². The molecule has 28 heavy (non-hydrogen) atoms. The molecule has 0 atom stereocenters. The van der Waals surface area contributed by atoms with E-state index in [0.717, 1.165) is 11.3 Å². The summed E-state index contributed by atoms with van der Waals surface area (Å²) in [6, 6.07) is 18.0. The highest BCUT2D eigenvalue weighted by atomic mass is 32.2. The Hall–Kier alpha value is -2.90. The maximum absolute atomic E-state index is 12.4. The lowest BCUT2D eigenvalue weighted by Gasteiger charge is -2.09. The summed E-state index contributed by atoms with van der Waals surface area (Å²) >= 11 is 0. The fourth-order valence-electron chi connectivity index (χ4n) is 2.85. The minimum atomic E-state index is -3.44. The van der Waals surface area contributed by atoms with Crippen LogP contribution in [0.1, 0.15) is 22.8 Å². The van der Waals surface area contributed by atoms with Gasteiger partial charge in [-0.15, -0.1) is 0 Å². The monoisotopic (exact) mass is 397 g/mol. The number of hydrogen-bond acceptors (Lipinski definition) is 3. The van der Waals surface area contributed by atoms with E-state index in [1.54, 1.807) is 37.3 Å². The number of amides is 1. The van der Waals surface area contributed by atoms with Crippen LogP contribution in [-0.2, 0) is 16.4 Å². The van der Waals surface area contributed by atoms with E-state index in [0.29, 0.717) is 25.1 Å². The topological polar surface area (TPSA) is 80.2 Å². The molecule has 0 aliphatic carbocycles. The van der Waals surface area contributed by atoms with Gasteiger partial charge in [-0.05, 0) is 54.4 Å². The molecule has 0 saturated carbocycles. The summed E-state index contributed by atoms with van der Waals surface area (Å²) in [4.78, 5) is 12.6. The second kappa shape index (κ2) is 8.86. The van der Waals surface area contributed by atoms with E-state index in [9.17, 15) is 13.2 Å². The van der Waals surface area contributed by atoms with Crippen LogP contribution in [-0.4, -0.2) is 32.0 Å². The molecule has 146 valence electrons. The maximum Gasteiger partial charge on any atom is 0.251 e. The number of hydrogen-bond donors (Lipinski definition) is 2. The summed E-state index contributed by atoms with van der Waals surface area (Å²) in [6.45, 7) is 2.55. The molecule has 3 rings (SSSR count). The Labute approximate surface area is 165 Å². The fraction of sp³-hybridized carbons (Fsp3) is 0.190. The summed E-state index contributed by atoms with van der Waals surface area (Å²) in [5.41, 5.74) is 2.48. The van der Waals surface area contributed by atoms with Crippen LogP contribution in [0, 0.1) is 0 Å². The van der Waals surface area contributed by atoms with Gasteiger partial charge in [0.1, 0.15) is 0 Å². The maximum atomic E-state index is 12.4. The predicted molar refractivity (Wildman–Crippen MR) is 109 cm³/mol. The van der Waals surface area contributed by atoms with Gasteiger partial charge in [0.05, 0.1) is 4.90 Å². The Kier molecular flexibility index (Phi) is 6.28. The molecule has 0 bridgehead atoms. The number of carbonyl (C=O) groups excluding carboxylic acids is 1. The number of aromatic nitrogens is 1. The average Bonchev–Trinajstić information content (AvgIpc) is 3.23. The molecule has 0 unspecified atom stereocenters. The Morgan fingerprint density at radius 3 is 2.39 bits per heavy atom. The molecule has 6 nitrogen and oxygen atoms in total. The zero-order valence-corrected chi connectivity index (χ0v) is 16.4. The summed E-state index contributed by atoms with van der Waals surface area (Å²) < 4.78 is 28.3. The average molecular weight is 398 g/mol. The highest BCUT2D eigenvalue weighted by Gasteiger charge is 2.12. The van der Waals surface area contributed by atoms with Crippen LogP contribution in [0.15, 0.2) is 78.0 Å². The number of carbonyl (C=O) groups is 1. The molecule has 7 heteroatoms. The quantitative estimate of drug-likeness (QED) is 0.613. The van der Waals surface area contributed by atoms with E-state index in [1.165, 1.54) is 0 Å². The summed E-state index contributed by atoms with van der Waals surface area (Å²) in [7, 11) is -3.44. The predicted octanol–water partition coefficient (Wildman–Crippen LogP) is 2.75. The van der Waals surface area contributed by atoms with Crippen molar-refractivity contribution in [1.29, 1.82) is 0 Å². The van der Waals surface area contributed by atoms with Gasteiger partial charge in [-0.25, -0.2) is 13.1 Å². The van der Waals surface area contributed by atoms with Crippen LogP contribution < -0.4 is 10.0 Å². The van der Waals surface area contributed by atoms with Gasteiger partial charge in [-0.3, -0.25) is 4.79 Å². The number of rotatable bonds is 8. The molecule has 2 aromatic carbocycles. The Morgan fingerprint density at radius 2 is 1.71 bits per heavy atom. The zero-order valence-electron chi connectivity index (χ0n) is 15.6. The fourth-order valence-corrected chi connectivity index (χ4v) is 3.89. The lowest BCUT2D eigenvalue weighted by atomic mass is 10.1. The van der Waals surface area contributed by atoms with Crippen molar-refractivity contribution in [1.82, 2.24) is 14.6 Å². The third-order valence-electron chi connectivity index (χ3n) is 4.28. The lowest BCUT2D eigenvalue weighted by Crippen LogP contribution is -2.26. The van der Waals surface area contributed by atoms with Crippen LogP contribution >= 0.6 is 0 Å². The van der Waals surface area contributed by atoms with Crippen LogP contribution in [0.25, 0.3) is 5.69 Å². The summed E-state index contributed by atoms with van der Waals surface area (Å²) in [5, 5.41) is 2.91. The molecule has 2 N–H and O–H groups in total. The van der Waals surface area contributed by atoms with Crippen molar-refractivity contribution in [3.8, 4) is 5.69 Å². The molecular weight excluding hydrogens is 374 g/mol. The van der Waals surface area contributed by atoms with Gasteiger partial charge in [-0.1, -0.05) is 25.1 Å².